The Morgan fingerprint density at radius 1 is 1.36 bits per heavy atom. The molecular weight excluding hydrogens is 359 g/mol. The van der Waals surface area contributed by atoms with Gasteiger partial charge in [0.1, 0.15) is 17.5 Å². The second kappa shape index (κ2) is 9.93. The Labute approximate surface area is 163 Å². The number of anilines is 1. The summed E-state index contributed by atoms with van der Waals surface area (Å²) in [6, 6.07) is 11.1. The number of rotatable bonds is 8. The largest absolute Gasteiger partial charge is 0.493 e. The first-order valence-corrected chi connectivity index (χ1v) is 8.66. The highest BCUT2D eigenvalue weighted by atomic mass is 19.1. The molecule has 1 amide bonds. The molecule has 0 aromatic heterocycles. The van der Waals surface area contributed by atoms with Crippen LogP contribution in [0.4, 0.5) is 10.1 Å². The minimum absolute atomic E-state index is 0.00531. The third-order valence-electron chi connectivity index (χ3n) is 3.82. The molecule has 0 aliphatic carbocycles. The van der Waals surface area contributed by atoms with Gasteiger partial charge < -0.3 is 14.8 Å². The Morgan fingerprint density at radius 2 is 2.11 bits per heavy atom. The van der Waals surface area contributed by atoms with Crippen molar-refractivity contribution in [2.24, 2.45) is 0 Å². The first kappa shape index (κ1) is 20.7. The normalized spacial score (nSPS) is 10.7. The SMILES string of the molecule is C=CCc1cc(/C=C(/C#N)C(=O)Nc2ccccc2F)cc(OCC)c1OC. The van der Waals surface area contributed by atoms with Crippen molar-refractivity contribution in [3.63, 3.8) is 0 Å². The summed E-state index contributed by atoms with van der Waals surface area (Å²) in [5.74, 6) is -0.202. The number of nitrogens with one attached hydrogen (secondary N) is 1. The van der Waals surface area contributed by atoms with Gasteiger partial charge in [-0.25, -0.2) is 4.39 Å². The molecule has 0 aliphatic heterocycles. The maximum absolute atomic E-state index is 13.7. The lowest BCUT2D eigenvalue weighted by Crippen LogP contribution is -2.14. The lowest BCUT2D eigenvalue weighted by Gasteiger charge is -2.14. The maximum atomic E-state index is 13.7. The molecule has 2 aromatic carbocycles. The Balaban J connectivity index is 2.42. The molecule has 0 unspecified atom stereocenters. The molecule has 0 spiro atoms. The molecule has 0 atom stereocenters. The third kappa shape index (κ3) is 4.98. The monoisotopic (exact) mass is 380 g/mol. The van der Waals surface area contributed by atoms with Crippen LogP contribution in [0.2, 0.25) is 0 Å². The minimum Gasteiger partial charge on any atom is -0.493 e. The highest BCUT2D eigenvalue weighted by Gasteiger charge is 2.15. The highest BCUT2D eigenvalue weighted by Crippen LogP contribution is 2.34. The fourth-order valence-electron chi connectivity index (χ4n) is 2.64. The Kier molecular flexibility index (Phi) is 7.35. The first-order valence-electron chi connectivity index (χ1n) is 8.66. The molecule has 2 rings (SSSR count). The van der Waals surface area contributed by atoms with E-state index in [0.29, 0.717) is 30.1 Å². The highest BCUT2D eigenvalue weighted by molar-refractivity contribution is 6.09. The van der Waals surface area contributed by atoms with Gasteiger partial charge in [-0.05, 0) is 49.2 Å². The fraction of sp³-hybridized carbons (Fsp3) is 0.182. The van der Waals surface area contributed by atoms with E-state index in [2.05, 4.69) is 11.9 Å². The molecule has 0 bridgehead atoms. The molecule has 5 nitrogen and oxygen atoms in total. The molecule has 1 N–H and O–H groups in total. The summed E-state index contributed by atoms with van der Waals surface area (Å²) in [6.07, 6.45) is 3.66. The second-order valence-electron chi connectivity index (χ2n) is 5.74. The molecule has 2 aromatic rings. The van der Waals surface area contributed by atoms with Crippen LogP contribution in [0.15, 0.2) is 54.6 Å². The van der Waals surface area contributed by atoms with Crippen LogP contribution < -0.4 is 14.8 Å². The number of benzene rings is 2. The van der Waals surface area contributed by atoms with Crippen molar-refractivity contribution in [3.8, 4) is 17.6 Å². The van der Waals surface area contributed by atoms with E-state index in [4.69, 9.17) is 9.47 Å². The van der Waals surface area contributed by atoms with Crippen molar-refractivity contribution < 1.29 is 18.7 Å². The standard InChI is InChI=1S/C22H21FN2O3/c1-4-8-16-11-15(13-20(28-5-2)21(16)27-3)12-17(14-24)22(26)25-19-10-7-6-9-18(19)23/h4,6-7,9-13H,1,5,8H2,2-3H3,(H,25,26)/b17-12-. The summed E-state index contributed by atoms with van der Waals surface area (Å²) >= 11 is 0. The van der Waals surface area contributed by atoms with E-state index < -0.39 is 11.7 Å². The number of hydrogen-bond acceptors (Lipinski definition) is 4. The Hall–Kier alpha value is -3.59. The Morgan fingerprint density at radius 3 is 2.71 bits per heavy atom. The van der Waals surface area contributed by atoms with Crippen LogP contribution in [-0.2, 0) is 11.2 Å². The molecule has 6 heteroatoms. The van der Waals surface area contributed by atoms with E-state index in [9.17, 15) is 14.4 Å². The van der Waals surface area contributed by atoms with E-state index in [0.717, 1.165) is 5.56 Å². The summed E-state index contributed by atoms with van der Waals surface area (Å²) in [5.41, 5.74) is 1.23. The fourth-order valence-corrected chi connectivity index (χ4v) is 2.64. The maximum Gasteiger partial charge on any atom is 0.266 e. The first-order chi connectivity index (χ1) is 13.5. The Bertz CT molecular complexity index is 945. The van der Waals surface area contributed by atoms with Crippen LogP contribution in [0.25, 0.3) is 6.08 Å². The van der Waals surface area contributed by atoms with Crippen molar-refractivity contribution in [2.45, 2.75) is 13.3 Å². The number of halogens is 1. The number of hydrogen-bond donors (Lipinski definition) is 1. The van der Waals surface area contributed by atoms with Gasteiger partial charge in [-0.2, -0.15) is 5.26 Å². The van der Waals surface area contributed by atoms with E-state index >= 15 is 0 Å². The van der Waals surface area contributed by atoms with E-state index in [1.165, 1.54) is 24.3 Å². The zero-order chi connectivity index (χ0) is 20.5. The summed E-state index contributed by atoms with van der Waals surface area (Å²) in [4.78, 5) is 12.4. The molecule has 28 heavy (non-hydrogen) atoms. The van der Waals surface area contributed by atoms with Gasteiger partial charge in [0.15, 0.2) is 11.5 Å². The summed E-state index contributed by atoms with van der Waals surface area (Å²) in [5, 5.41) is 11.8. The van der Waals surface area contributed by atoms with Gasteiger partial charge in [-0.15, -0.1) is 6.58 Å². The van der Waals surface area contributed by atoms with Gasteiger partial charge >= 0.3 is 0 Å². The number of allylic oxidation sites excluding steroid dienone is 1. The number of nitriles is 1. The van der Waals surface area contributed by atoms with Crippen molar-refractivity contribution >= 4 is 17.7 Å². The molecule has 0 saturated heterocycles. The predicted molar refractivity (Wildman–Crippen MR) is 107 cm³/mol. The van der Waals surface area contributed by atoms with Gasteiger partial charge in [0.05, 0.1) is 19.4 Å². The van der Waals surface area contributed by atoms with Crippen LogP contribution in [0.3, 0.4) is 0 Å². The van der Waals surface area contributed by atoms with Crippen molar-refractivity contribution in [3.05, 3.63) is 71.6 Å². The van der Waals surface area contributed by atoms with Crippen LogP contribution in [0.1, 0.15) is 18.1 Å². The molecule has 0 radical (unpaired) electrons. The average molecular weight is 380 g/mol. The number of ether oxygens (including phenoxy) is 2. The molecule has 0 heterocycles. The number of amides is 1. The summed E-state index contributed by atoms with van der Waals surface area (Å²) < 4.78 is 24.8. The van der Waals surface area contributed by atoms with Crippen LogP contribution in [-0.4, -0.2) is 19.6 Å². The number of carbonyl (C=O) groups excluding carboxylic acids is 1. The molecule has 0 fully saturated rings. The number of nitrogens with zero attached hydrogens (tertiary/aromatic N) is 1. The lowest BCUT2D eigenvalue weighted by molar-refractivity contribution is -0.112. The number of carbonyl (C=O) groups is 1. The van der Waals surface area contributed by atoms with Crippen molar-refractivity contribution in [2.75, 3.05) is 19.0 Å². The van der Waals surface area contributed by atoms with Crippen molar-refractivity contribution in [1.29, 1.82) is 5.26 Å². The lowest BCUT2D eigenvalue weighted by atomic mass is 10.0. The number of methoxy groups -OCH3 is 1. The minimum atomic E-state index is -0.702. The summed E-state index contributed by atoms with van der Waals surface area (Å²) in [6.45, 7) is 6.00. The second-order valence-corrected chi connectivity index (χ2v) is 5.74. The molecular formula is C22H21FN2O3. The zero-order valence-corrected chi connectivity index (χ0v) is 15.8. The third-order valence-corrected chi connectivity index (χ3v) is 3.82. The van der Waals surface area contributed by atoms with Crippen molar-refractivity contribution in [1.82, 2.24) is 0 Å². The molecule has 144 valence electrons. The molecule has 0 saturated carbocycles. The summed E-state index contributed by atoms with van der Waals surface area (Å²) in [7, 11) is 1.54. The molecule has 0 aliphatic rings. The zero-order valence-electron chi connectivity index (χ0n) is 15.8. The predicted octanol–water partition coefficient (Wildman–Crippen LogP) is 4.51. The van der Waals surface area contributed by atoms with Crippen LogP contribution in [0.5, 0.6) is 11.5 Å². The van der Waals surface area contributed by atoms with Gasteiger partial charge in [-0.1, -0.05) is 18.2 Å². The van der Waals surface area contributed by atoms with E-state index in [1.807, 2.05) is 13.0 Å². The average Bonchev–Trinajstić information content (AvgIpc) is 2.68. The smallest absolute Gasteiger partial charge is 0.266 e. The topological polar surface area (TPSA) is 71.4 Å². The van der Waals surface area contributed by atoms with E-state index in [1.54, 1.807) is 31.4 Å². The van der Waals surface area contributed by atoms with E-state index in [-0.39, 0.29) is 11.3 Å². The number of para-hydroxylation sites is 1. The van der Waals surface area contributed by atoms with Gasteiger partial charge in [0, 0.05) is 5.56 Å². The van der Waals surface area contributed by atoms with Gasteiger partial charge in [-0.3, -0.25) is 4.79 Å². The van der Waals surface area contributed by atoms with Gasteiger partial charge in [0.2, 0.25) is 0 Å². The van der Waals surface area contributed by atoms with Gasteiger partial charge in [0.25, 0.3) is 5.91 Å². The quantitative estimate of drug-likeness (QED) is 0.416. The van der Waals surface area contributed by atoms with Crippen LogP contribution in [0, 0.1) is 17.1 Å². The van der Waals surface area contributed by atoms with Crippen LogP contribution >= 0.6 is 0 Å².